The molecule has 1 aromatic heterocycles. The highest BCUT2D eigenvalue weighted by atomic mass is 16.1. The van der Waals surface area contributed by atoms with Gasteiger partial charge in [-0.1, -0.05) is 20.8 Å². The van der Waals surface area contributed by atoms with Gasteiger partial charge in [0, 0.05) is 12.6 Å². The molecular formula is C14H24N4O. The molecule has 1 amide bonds. The quantitative estimate of drug-likeness (QED) is 0.862. The molecule has 0 bridgehead atoms. The summed E-state index contributed by atoms with van der Waals surface area (Å²) >= 11 is 0. The molecule has 1 aliphatic rings. The van der Waals surface area contributed by atoms with E-state index in [2.05, 4.69) is 36.5 Å². The fraction of sp³-hybridized carbons (Fsp3) is 0.714. The minimum absolute atomic E-state index is 0.0571. The van der Waals surface area contributed by atoms with Crippen LogP contribution in [0.2, 0.25) is 0 Å². The van der Waals surface area contributed by atoms with E-state index in [1.54, 1.807) is 6.20 Å². The minimum atomic E-state index is -0.0571. The Balaban J connectivity index is 2.32. The second-order valence-electron chi connectivity index (χ2n) is 6.58. The zero-order valence-electron chi connectivity index (χ0n) is 12.4. The van der Waals surface area contributed by atoms with E-state index in [1.165, 1.54) is 0 Å². The van der Waals surface area contributed by atoms with Crippen LogP contribution in [-0.2, 0) is 0 Å². The van der Waals surface area contributed by atoms with Gasteiger partial charge < -0.3 is 10.6 Å². The fourth-order valence-corrected chi connectivity index (χ4v) is 2.53. The van der Waals surface area contributed by atoms with Gasteiger partial charge in [0.05, 0.1) is 12.2 Å². The summed E-state index contributed by atoms with van der Waals surface area (Å²) in [6.07, 6.45) is 2.70. The maximum Gasteiger partial charge on any atom is 0.256 e. The molecule has 5 heteroatoms. The molecule has 2 rings (SSSR count). The van der Waals surface area contributed by atoms with Crippen molar-refractivity contribution in [3.8, 4) is 0 Å². The zero-order valence-corrected chi connectivity index (χ0v) is 12.4. The average Bonchev–Trinajstić information content (AvgIpc) is 2.69. The minimum Gasteiger partial charge on any atom is -0.370 e. The third kappa shape index (κ3) is 2.74. The van der Waals surface area contributed by atoms with Crippen LogP contribution >= 0.6 is 0 Å². The number of nitrogens with one attached hydrogen (secondary N) is 2. The Hall–Kier alpha value is -1.52. The van der Waals surface area contributed by atoms with E-state index < -0.39 is 0 Å². The number of aromatic nitrogens is 2. The average molecular weight is 264 g/mol. The van der Waals surface area contributed by atoms with Gasteiger partial charge in [-0.3, -0.25) is 4.79 Å². The molecule has 0 spiro atoms. The van der Waals surface area contributed by atoms with E-state index in [4.69, 9.17) is 0 Å². The van der Waals surface area contributed by atoms with E-state index in [1.807, 2.05) is 18.5 Å². The van der Waals surface area contributed by atoms with Gasteiger partial charge in [0.25, 0.3) is 5.91 Å². The fourth-order valence-electron chi connectivity index (χ4n) is 2.53. The Kier molecular flexibility index (Phi) is 3.56. The normalized spacial score (nSPS) is 18.9. The molecule has 1 aliphatic heterocycles. The maximum atomic E-state index is 12.1. The lowest BCUT2D eigenvalue weighted by Gasteiger charge is -2.35. The molecule has 2 heterocycles. The van der Waals surface area contributed by atoms with E-state index in [9.17, 15) is 4.79 Å². The predicted octanol–water partition coefficient (Wildman–Crippen LogP) is 2.42. The van der Waals surface area contributed by atoms with Crippen molar-refractivity contribution < 1.29 is 4.79 Å². The van der Waals surface area contributed by atoms with Crippen LogP contribution in [0.3, 0.4) is 0 Å². The summed E-state index contributed by atoms with van der Waals surface area (Å²) < 4.78 is 1.97. The molecular weight excluding hydrogens is 240 g/mol. The molecule has 19 heavy (non-hydrogen) atoms. The van der Waals surface area contributed by atoms with Gasteiger partial charge in [-0.25, -0.2) is 4.68 Å². The lowest BCUT2D eigenvalue weighted by molar-refractivity contribution is 0.0943. The number of anilines is 1. The lowest BCUT2D eigenvalue weighted by atomic mass is 9.84. The molecule has 2 N–H and O–H groups in total. The van der Waals surface area contributed by atoms with E-state index in [-0.39, 0.29) is 17.4 Å². The monoisotopic (exact) mass is 264 g/mol. The zero-order chi connectivity index (χ0) is 14.2. The van der Waals surface area contributed by atoms with Gasteiger partial charge in [0.15, 0.2) is 0 Å². The molecule has 1 unspecified atom stereocenters. The molecule has 106 valence electrons. The summed E-state index contributed by atoms with van der Waals surface area (Å²) in [7, 11) is 0. The standard InChI is InChI=1S/C14H24N4O/c1-9(2)17-13(19)10-8-16-18-11(14(3,4)5)6-7-15-12(10)18/h8-9,11,15H,6-7H2,1-5H3,(H,17,19). The topological polar surface area (TPSA) is 59.0 Å². The first-order valence-corrected chi connectivity index (χ1v) is 6.93. The number of nitrogens with zero attached hydrogens (tertiary/aromatic N) is 2. The van der Waals surface area contributed by atoms with Crippen LogP contribution in [0.1, 0.15) is 57.4 Å². The molecule has 0 aliphatic carbocycles. The number of amides is 1. The van der Waals surface area contributed by atoms with Crippen LogP contribution in [-0.4, -0.2) is 28.3 Å². The second-order valence-corrected chi connectivity index (χ2v) is 6.58. The van der Waals surface area contributed by atoms with E-state index in [0.29, 0.717) is 11.6 Å². The SMILES string of the molecule is CC(C)NC(=O)c1cnn2c1NCCC2C(C)(C)C. The summed E-state index contributed by atoms with van der Waals surface area (Å²) in [4.78, 5) is 12.1. The van der Waals surface area contributed by atoms with Crippen LogP contribution < -0.4 is 10.6 Å². The summed E-state index contributed by atoms with van der Waals surface area (Å²) in [6, 6.07) is 0.453. The van der Waals surface area contributed by atoms with Crippen molar-refractivity contribution in [1.82, 2.24) is 15.1 Å². The van der Waals surface area contributed by atoms with Crippen molar-refractivity contribution in [2.75, 3.05) is 11.9 Å². The van der Waals surface area contributed by atoms with Crippen LogP contribution in [0.15, 0.2) is 6.20 Å². The van der Waals surface area contributed by atoms with Crippen molar-refractivity contribution in [3.63, 3.8) is 0 Å². The predicted molar refractivity (Wildman–Crippen MR) is 76.4 cm³/mol. The number of rotatable bonds is 2. The molecule has 0 aromatic carbocycles. The van der Waals surface area contributed by atoms with Gasteiger partial charge in [-0.05, 0) is 25.7 Å². The number of fused-ring (bicyclic) bond motifs is 1. The summed E-state index contributed by atoms with van der Waals surface area (Å²) in [5.74, 6) is 0.794. The summed E-state index contributed by atoms with van der Waals surface area (Å²) in [5, 5.41) is 10.6. The Morgan fingerprint density at radius 2 is 2.21 bits per heavy atom. The summed E-state index contributed by atoms with van der Waals surface area (Å²) in [5.41, 5.74) is 0.775. The first-order chi connectivity index (χ1) is 8.80. The van der Waals surface area contributed by atoms with Crippen LogP contribution in [0, 0.1) is 5.41 Å². The largest absolute Gasteiger partial charge is 0.370 e. The molecule has 0 fully saturated rings. The maximum absolute atomic E-state index is 12.1. The Morgan fingerprint density at radius 1 is 1.53 bits per heavy atom. The molecule has 5 nitrogen and oxygen atoms in total. The summed E-state index contributed by atoms with van der Waals surface area (Å²) in [6.45, 7) is 11.4. The van der Waals surface area contributed by atoms with Crippen LogP contribution in [0.5, 0.6) is 0 Å². The van der Waals surface area contributed by atoms with Crippen molar-refractivity contribution in [2.45, 2.75) is 53.1 Å². The van der Waals surface area contributed by atoms with Gasteiger partial charge >= 0.3 is 0 Å². The molecule has 1 atom stereocenters. The first kappa shape index (κ1) is 13.9. The molecule has 0 saturated heterocycles. The Morgan fingerprint density at radius 3 is 2.79 bits per heavy atom. The molecule has 0 saturated carbocycles. The van der Waals surface area contributed by atoms with Crippen LogP contribution in [0.25, 0.3) is 0 Å². The van der Waals surface area contributed by atoms with Crippen molar-refractivity contribution in [1.29, 1.82) is 0 Å². The third-order valence-corrected chi connectivity index (χ3v) is 3.46. The number of carbonyl (C=O) groups excluding carboxylic acids is 1. The smallest absolute Gasteiger partial charge is 0.256 e. The highest BCUT2D eigenvalue weighted by molar-refractivity contribution is 5.98. The number of hydrogen-bond donors (Lipinski definition) is 2. The van der Waals surface area contributed by atoms with Crippen molar-refractivity contribution in [3.05, 3.63) is 11.8 Å². The Bertz CT molecular complexity index is 470. The van der Waals surface area contributed by atoms with Crippen molar-refractivity contribution in [2.24, 2.45) is 5.41 Å². The molecule has 1 aromatic rings. The lowest BCUT2D eigenvalue weighted by Crippen LogP contribution is -2.34. The van der Waals surface area contributed by atoms with Gasteiger partial charge in [-0.15, -0.1) is 0 Å². The van der Waals surface area contributed by atoms with Gasteiger partial charge in [0.2, 0.25) is 0 Å². The third-order valence-electron chi connectivity index (χ3n) is 3.46. The van der Waals surface area contributed by atoms with Crippen molar-refractivity contribution >= 4 is 11.7 Å². The number of carbonyl (C=O) groups is 1. The van der Waals surface area contributed by atoms with Gasteiger partial charge in [-0.2, -0.15) is 5.10 Å². The second kappa shape index (κ2) is 4.87. The van der Waals surface area contributed by atoms with E-state index >= 15 is 0 Å². The van der Waals surface area contributed by atoms with Crippen LogP contribution in [0.4, 0.5) is 5.82 Å². The van der Waals surface area contributed by atoms with E-state index in [0.717, 1.165) is 18.8 Å². The highest BCUT2D eigenvalue weighted by Gasteiger charge is 2.33. The highest BCUT2D eigenvalue weighted by Crippen LogP contribution is 2.38. The molecule has 0 radical (unpaired) electrons. The first-order valence-electron chi connectivity index (χ1n) is 6.93. The Labute approximate surface area is 114 Å². The van der Waals surface area contributed by atoms with Gasteiger partial charge in [0.1, 0.15) is 11.4 Å². The number of hydrogen-bond acceptors (Lipinski definition) is 3.